The van der Waals surface area contributed by atoms with E-state index in [0.29, 0.717) is 5.39 Å². The van der Waals surface area contributed by atoms with Gasteiger partial charge in [-0.15, -0.1) is 12.6 Å². The number of thiol groups is 1. The summed E-state index contributed by atoms with van der Waals surface area (Å²) in [5.74, 6) is -0.180. The van der Waals surface area contributed by atoms with Crippen LogP contribution in [0.25, 0.3) is 10.8 Å². The number of rotatable bonds is 0. The Morgan fingerprint density at radius 3 is 2.75 bits per heavy atom. The van der Waals surface area contributed by atoms with Crippen LogP contribution in [0.2, 0.25) is 0 Å². The van der Waals surface area contributed by atoms with Crippen molar-refractivity contribution in [1.82, 2.24) is 0 Å². The van der Waals surface area contributed by atoms with Crippen molar-refractivity contribution < 1.29 is 4.39 Å². The smallest absolute Gasteiger partial charge is 0.131 e. The lowest BCUT2D eigenvalue weighted by molar-refractivity contribution is 0.640. The quantitative estimate of drug-likeness (QED) is 0.588. The molecule has 0 aliphatic heterocycles. The van der Waals surface area contributed by atoms with Crippen molar-refractivity contribution in [3.63, 3.8) is 0 Å². The molecule has 0 N–H and O–H groups in total. The van der Waals surface area contributed by atoms with E-state index in [1.165, 1.54) is 6.07 Å². The molecule has 0 saturated carbocycles. The van der Waals surface area contributed by atoms with Gasteiger partial charge in [0, 0.05) is 10.3 Å². The molecule has 0 fully saturated rings. The van der Waals surface area contributed by atoms with E-state index in [9.17, 15) is 4.39 Å². The third kappa shape index (κ3) is 1.18. The molecule has 0 aromatic heterocycles. The third-order valence-electron chi connectivity index (χ3n) is 1.81. The summed E-state index contributed by atoms with van der Waals surface area (Å²) < 4.78 is 13.1. The van der Waals surface area contributed by atoms with E-state index in [-0.39, 0.29) is 5.82 Å². The summed E-state index contributed by atoms with van der Waals surface area (Å²) in [6.07, 6.45) is 0. The van der Waals surface area contributed by atoms with Gasteiger partial charge in [-0.25, -0.2) is 4.39 Å². The monoisotopic (exact) mass is 178 g/mol. The van der Waals surface area contributed by atoms with Crippen molar-refractivity contribution in [3.8, 4) is 0 Å². The fourth-order valence-electron chi connectivity index (χ4n) is 1.23. The zero-order valence-corrected chi connectivity index (χ0v) is 7.18. The van der Waals surface area contributed by atoms with Crippen LogP contribution in [0, 0.1) is 5.82 Å². The van der Waals surface area contributed by atoms with E-state index < -0.39 is 0 Å². The van der Waals surface area contributed by atoms with E-state index in [2.05, 4.69) is 12.6 Å². The fraction of sp³-hybridized carbons (Fsp3) is 0. The standard InChI is InChI=1S/C10H7FS/c11-10-3-1-2-7-6-8(12)4-5-9(7)10/h1-6,12H. The summed E-state index contributed by atoms with van der Waals surface area (Å²) in [4.78, 5) is 0.855. The lowest BCUT2D eigenvalue weighted by Gasteiger charge is -1.98. The van der Waals surface area contributed by atoms with E-state index >= 15 is 0 Å². The molecule has 0 bridgehead atoms. The summed E-state index contributed by atoms with van der Waals surface area (Å²) in [6, 6.07) is 10.4. The predicted molar refractivity (Wildman–Crippen MR) is 51.2 cm³/mol. The average molecular weight is 178 g/mol. The second-order valence-electron chi connectivity index (χ2n) is 2.65. The Labute approximate surface area is 75.4 Å². The molecular weight excluding hydrogens is 171 g/mol. The zero-order valence-electron chi connectivity index (χ0n) is 6.29. The first-order chi connectivity index (χ1) is 5.77. The Morgan fingerprint density at radius 2 is 1.92 bits per heavy atom. The van der Waals surface area contributed by atoms with E-state index in [1.54, 1.807) is 18.2 Å². The van der Waals surface area contributed by atoms with Gasteiger partial charge < -0.3 is 0 Å². The Hall–Kier alpha value is -1.02. The van der Waals surface area contributed by atoms with Crippen LogP contribution in [0.15, 0.2) is 41.3 Å². The van der Waals surface area contributed by atoms with Gasteiger partial charge >= 0.3 is 0 Å². The van der Waals surface area contributed by atoms with E-state index in [0.717, 1.165) is 10.3 Å². The first-order valence-electron chi connectivity index (χ1n) is 3.64. The summed E-state index contributed by atoms with van der Waals surface area (Å²) in [6.45, 7) is 0. The topological polar surface area (TPSA) is 0 Å². The highest BCUT2D eigenvalue weighted by atomic mass is 32.1. The van der Waals surface area contributed by atoms with Crippen LogP contribution < -0.4 is 0 Å². The van der Waals surface area contributed by atoms with Crippen LogP contribution in [-0.4, -0.2) is 0 Å². The molecule has 2 heteroatoms. The maximum absolute atomic E-state index is 13.1. The van der Waals surface area contributed by atoms with Gasteiger partial charge in [0.1, 0.15) is 5.82 Å². The second-order valence-corrected chi connectivity index (χ2v) is 3.16. The molecule has 0 aliphatic carbocycles. The molecule has 2 aromatic rings. The van der Waals surface area contributed by atoms with Crippen LogP contribution in [0.3, 0.4) is 0 Å². The molecule has 0 unspecified atom stereocenters. The molecular formula is C10H7FS. The Morgan fingerprint density at radius 1 is 1.08 bits per heavy atom. The molecule has 0 saturated heterocycles. The Balaban J connectivity index is 2.86. The molecule has 0 radical (unpaired) electrons. The van der Waals surface area contributed by atoms with Gasteiger partial charge in [-0.3, -0.25) is 0 Å². The largest absolute Gasteiger partial charge is 0.206 e. The maximum atomic E-state index is 13.1. The molecule has 0 amide bonds. The van der Waals surface area contributed by atoms with Crippen molar-refractivity contribution in [2.45, 2.75) is 4.90 Å². The molecule has 0 heterocycles. The Kier molecular flexibility index (Phi) is 1.77. The highest BCUT2D eigenvalue weighted by molar-refractivity contribution is 7.80. The highest BCUT2D eigenvalue weighted by Crippen LogP contribution is 2.20. The molecule has 0 nitrogen and oxygen atoms in total. The first kappa shape index (κ1) is 7.62. The van der Waals surface area contributed by atoms with Gasteiger partial charge in [-0.1, -0.05) is 18.2 Å². The molecule has 0 aliphatic rings. The summed E-state index contributed by atoms with van der Waals surface area (Å²) in [5, 5.41) is 1.54. The number of benzene rings is 2. The molecule has 0 atom stereocenters. The fourth-order valence-corrected chi connectivity index (χ4v) is 1.45. The van der Waals surface area contributed by atoms with Crippen molar-refractivity contribution >= 4 is 23.4 Å². The molecule has 12 heavy (non-hydrogen) atoms. The molecule has 2 rings (SSSR count). The summed E-state index contributed by atoms with van der Waals surface area (Å²) >= 11 is 4.17. The van der Waals surface area contributed by atoms with Crippen LogP contribution in [0.1, 0.15) is 0 Å². The minimum Gasteiger partial charge on any atom is -0.206 e. The number of halogens is 1. The molecule has 2 aromatic carbocycles. The normalized spacial score (nSPS) is 10.5. The van der Waals surface area contributed by atoms with Crippen LogP contribution in [0.4, 0.5) is 4.39 Å². The highest BCUT2D eigenvalue weighted by Gasteiger charge is 1.98. The number of hydrogen-bond acceptors (Lipinski definition) is 1. The zero-order chi connectivity index (χ0) is 8.55. The van der Waals surface area contributed by atoms with Crippen LogP contribution in [-0.2, 0) is 0 Å². The van der Waals surface area contributed by atoms with Crippen molar-refractivity contribution in [2.24, 2.45) is 0 Å². The van der Waals surface area contributed by atoms with Crippen molar-refractivity contribution in [2.75, 3.05) is 0 Å². The van der Waals surface area contributed by atoms with E-state index in [1.807, 2.05) is 12.1 Å². The second kappa shape index (κ2) is 2.79. The average Bonchev–Trinajstić information content (AvgIpc) is 2.04. The van der Waals surface area contributed by atoms with Gasteiger partial charge in [-0.2, -0.15) is 0 Å². The summed E-state index contributed by atoms with van der Waals surface area (Å²) in [7, 11) is 0. The minimum atomic E-state index is -0.180. The minimum absolute atomic E-state index is 0.180. The number of hydrogen-bond donors (Lipinski definition) is 1. The lowest BCUT2D eigenvalue weighted by atomic mass is 10.1. The van der Waals surface area contributed by atoms with Gasteiger partial charge in [0.2, 0.25) is 0 Å². The lowest BCUT2D eigenvalue weighted by Crippen LogP contribution is -1.78. The molecule has 60 valence electrons. The van der Waals surface area contributed by atoms with E-state index in [4.69, 9.17) is 0 Å². The SMILES string of the molecule is Fc1cccc2cc(S)ccc12. The predicted octanol–water partition coefficient (Wildman–Crippen LogP) is 3.27. The van der Waals surface area contributed by atoms with Gasteiger partial charge in [0.15, 0.2) is 0 Å². The maximum Gasteiger partial charge on any atom is 0.131 e. The van der Waals surface area contributed by atoms with Gasteiger partial charge in [-0.05, 0) is 23.6 Å². The van der Waals surface area contributed by atoms with Crippen molar-refractivity contribution in [1.29, 1.82) is 0 Å². The van der Waals surface area contributed by atoms with Gasteiger partial charge in [0.05, 0.1) is 0 Å². The van der Waals surface area contributed by atoms with Crippen LogP contribution >= 0.6 is 12.6 Å². The molecule has 0 spiro atoms. The van der Waals surface area contributed by atoms with Crippen molar-refractivity contribution in [3.05, 3.63) is 42.2 Å². The summed E-state index contributed by atoms with van der Waals surface area (Å²) in [5.41, 5.74) is 0. The third-order valence-corrected chi connectivity index (χ3v) is 2.09. The van der Waals surface area contributed by atoms with Gasteiger partial charge in [0.25, 0.3) is 0 Å². The Bertz CT molecular complexity index is 423. The number of fused-ring (bicyclic) bond motifs is 1. The van der Waals surface area contributed by atoms with Crippen LogP contribution in [0.5, 0.6) is 0 Å². The first-order valence-corrected chi connectivity index (χ1v) is 4.09.